The Morgan fingerprint density at radius 2 is 1.07 bits per heavy atom. The Bertz CT molecular complexity index is 1050. The molecular weight excluding hydrogens is 370 g/mol. The molecule has 3 aromatic rings. The average molecular weight is 393 g/mol. The first-order valence-corrected chi connectivity index (χ1v) is 10.8. The second-order valence-electron chi connectivity index (χ2n) is 8.85. The van der Waals surface area contributed by atoms with E-state index in [0.29, 0.717) is 6.42 Å². The van der Waals surface area contributed by atoms with E-state index in [1.165, 1.54) is 22.3 Å². The molecule has 0 unspecified atom stereocenters. The number of likely N-dealkylation sites (tertiary alicyclic amines) is 1. The number of carbonyl (C=O) groups is 2. The minimum absolute atomic E-state index is 0.00689. The van der Waals surface area contributed by atoms with Crippen LogP contribution >= 0.6 is 0 Å². The van der Waals surface area contributed by atoms with Crippen molar-refractivity contribution in [3.8, 4) is 0 Å². The number of carbonyl (C=O) groups excluding carboxylic acids is 2. The van der Waals surface area contributed by atoms with Crippen LogP contribution in [-0.4, -0.2) is 22.8 Å². The van der Waals surface area contributed by atoms with Gasteiger partial charge >= 0.3 is 0 Å². The van der Waals surface area contributed by atoms with E-state index in [1.807, 2.05) is 49.4 Å². The molecule has 2 amide bonds. The molecule has 7 rings (SSSR count). The standard InChI is InChI=1S/C27H23NO2/c1-16(15-17-9-3-2-4-10-17)28-26(29)24-22-18-11-5-6-12-19(18)23(25(24)27(28)30)21-14-8-7-13-20(21)22/h2-14,16,22-25H,15H2,1H3/t16-,22?,23?,24-,25-/m0/s1. The van der Waals surface area contributed by atoms with E-state index in [9.17, 15) is 9.59 Å². The van der Waals surface area contributed by atoms with Crippen LogP contribution in [0.3, 0.4) is 0 Å². The van der Waals surface area contributed by atoms with Gasteiger partial charge in [-0.25, -0.2) is 0 Å². The number of hydrogen-bond donors (Lipinski definition) is 0. The van der Waals surface area contributed by atoms with Gasteiger partial charge in [0, 0.05) is 17.9 Å². The largest absolute Gasteiger partial charge is 0.279 e. The van der Waals surface area contributed by atoms with Crippen molar-refractivity contribution in [2.75, 3.05) is 0 Å². The Morgan fingerprint density at radius 3 is 1.50 bits per heavy atom. The first-order chi connectivity index (χ1) is 14.7. The number of nitrogens with zero attached hydrogens (tertiary/aromatic N) is 1. The molecule has 4 aliphatic rings. The van der Waals surface area contributed by atoms with E-state index >= 15 is 0 Å². The molecule has 1 fully saturated rings. The summed E-state index contributed by atoms with van der Waals surface area (Å²) in [5.41, 5.74) is 6.04. The van der Waals surface area contributed by atoms with Gasteiger partial charge < -0.3 is 0 Å². The highest BCUT2D eigenvalue weighted by Gasteiger charge is 2.61. The number of benzene rings is 3. The van der Waals surface area contributed by atoms with Gasteiger partial charge in [0.25, 0.3) is 0 Å². The summed E-state index contributed by atoms with van der Waals surface area (Å²) in [6.45, 7) is 2.00. The van der Waals surface area contributed by atoms with Gasteiger partial charge in [-0.05, 0) is 41.2 Å². The number of amides is 2. The van der Waals surface area contributed by atoms with Gasteiger partial charge in [-0.3, -0.25) is 14.5 Å². The second-order valence-corrected chi connectivity index (χ2v) is 8.85. The van der Waals surface area contributed by atoms with Gasteiger partial charge in [0.15, 0.2) is 0 Å². The molecule has 1 heterocycles. The Morgan fingerprint density at radius 1 is 0.667 bits per heavy atom. The summed E-state index contributed by atoms with van der Waals surface area (Å²) >= 11 is 0. The van der Waals surface area contributed by atoms with E-state index in [2.05, 4.69) is 36.4 Å². The quantitative estimate of drug-likeness (QED) is 0.614. The molecule has 2 bridgehead atoms. The van der Waals surface area contributed by atoms with Gasteiger partial charge in [0.2, 0.25) is 11.8 Å². The maximum absolute atomic E-state index is 13.7. The van der Waals surface area contributed by atoms with Crippen molar-refractivity contribution < 1.29 is 9.59 Å². The van der Waals surface area contributed by atoms with Crippen LogP contribution < -0.4 is 0 Å². The van der Waals surface area contributed by atoms with E-state index in [1.54, 1.807) is 4.90 Å². The van der Waals surface area contributed by atoms with Crippen LogP contribution in [0.15, 0.2) is 78.9 Å². The fourth-order valence-corrected chi connectivity index (χ4v) is 6.18. The van der Waals surface area contributed by atoms with E-state index in [-0.39, 0.29) is 41.5 Å². The Hall–Kier alpha value is -3.20. The zero-order valence-corrected chi connectivity index (χ0v) is 16.9. The predicted molar refractivity (Wildman–Crippen MR) is 115 cm³/mol. The molecule has 0 radical (unpaired) electrons. The highest BCUT2D eigenvalue weighted by atomic mass is 16.2. The smallest absolute Gasteiger partial charge is 0.234 e. The maximum atomic E-state index is 13.7. The van der Waals surface area contributed by atoms with Gasteiger partial charge in [0.05, 0.1) is 11.8 Å². The molecule has 0 saturated carbocycles. The maximum Gasteiger partial charge on any atom is 0.234 e. The predicted octanol–water partition coefficient (Wildman–Crippen LogP) is 4.51. The molecule has 0 spiro atoms. The lowest BCUT2D eigenvalue weighted by molar-refractivity contribution is -0.142. The van der Waals surface area contributed by atoms with Crippen molar-refractivity contribution in [2.45, 2.75) is 31.2 Å². The molecule has 1 aliphatic heterocycles. The lowest BCUT2D eigenvalue weighted by Gasteiger charge is -2.45. The summed E-state index contributed by atoms with van der Waals surface area (Å²) in [6.07, 6.45) is 0.687. The third-order valence-corrected chi connectivity index (χ3v) is 7.30. The third-order valence-electron chi connectivity index (χ3n) is 7.30. The summed E-state index contributed by atoms with van der Waals surface area (Å²) < 4.78 is 0. The monoisotopic (exact) mass is 393 g/mol. The van der Waals surface area contributed by atoms with Gasteiger partial charge in [0.1, 0.15) is 0 Å². The molecule has 0 N–H and O–H groups in total. The molecule has 3 aliphatic carbocycles. The topological polar surface area (TPSA) is 37.4 Å². The lowest BCUT2D eigenvalue weighted by atomic mass is 9.55. The summed E-state index contributed by atoms with van der Waals surface area (Å²) in [4.78, 5) is 29.0. The summed E-state index contributed by atoms with van der Waals surface area (Å²) in [6, 6.07) is 26.7. The minimum atomic E-state index is -0.287. The van der Waals surface area contributed by atoms with E-state index < -0.39 is 0 Å². The van der Waals surface area contributed by atoms with Crippen molar-refractivity contribution in [1.29, 1.82) is 0 Å². The molecule has 30 heavy (non-hydrogen) atoms. The molecule has 3 nitrogen and oxygen atoms in total. The Kier molecular flexibility index (Phi) is 3.76. The normalized spacial score (nSPS) is 26.9. The van der Waals surface area contributed by atoms with Crippen LogP contribution in [0.4, 0.5) is 0 Å². The number of hydrogen-bond acceptors (Lipinski definition) is 2. The second kappa shape index (κ2) is 6.40. The first kappa shape index (κ1) is 17.6. The molecule has 1 saturated heterocycles. The Labute approximate surface area is 176 Å². The minimum Gasteiger partial charge on any atom is -0.279 e. The average Bonchev–Trinajstić information content (AvgIpc) is 3.05. The lowest BCUT2D eigenvalue weighted by Crippen LogP contribution is -2.41. The highest BCUT2D eigenvalue weighted by Crippen LogP contribution is 2.61. The third kappa shape index (κ3) is 2.26. The molecule has 3 heteroatoms. The van der Waals surface area contributed by atoms with Crippen LogP contribution in [0.5, 0.6) is 0 Å². The van der Waals surface area contributed by atoms with Crippen LogP contribution in [-0.2, 0) is 16.0 Å². The number of rotatable bonds is 3. The molecule has 148 valence electrons. The summed E-state index contributed by atoms with van der Waals surface area (Å²) in [5.74, 6) is -0.619. The molecule has 3 atom stereocenters. The van der Waals surface area contributed by atoms with Crippen LogP contribution in [0.2, 0.25) is 0 Å². The van der Waals surface area contributed by atoms with Crippen molar-refractivity contribution >= 4 is 11.8 Å². The molecule has 0 aromatic heterocycles. The summed E-state index contributed by atoms with van der Waals surface area (Å²) in [5, 5.41) is 0. The highest BCUT2D eigenvalue weighted by molar-refractivity contribution is 6.08. The van der Waals surface area contributed by atoms with Gasteiger partial charge in [-0.1, -0.05) is 78.9 Å². The van der Waals surface area contributed by atoms with E-state index in [4.69, 9.17) is 0 Å². The van der Waals surface area contributed by atoms with Crippen LogP contribution in [0, 0.1) is 11.8 Å². The fraction of sp³-hybridized carbons (Fsp3) is 0.259. The van der Waals surface area contributed by atoms with Gasteiger partial charge in [-0.2, -0.15) is 0 Å². The fourth-order valence-electron chi connectivity index (χ4n) is 6.18. The zero-order valence-electron chi connectivity index (χ0n) is 16.9. The SMILES string of the molecule is C[C@@H](Cc1ccccc1)N1C(=O)[C@H]2C3c4ccccc4C(c4ccccc43)[C@@H]2C1=O. The summed E-state index contributed by atoms with van der Waals surface area (Å²) in [7, 11) is 0. The zero-order chi connectivity index (χ0) is 20.4. The molecular formula is C27H23NO2. The van der Waals surface area contributed by atoms with Crippen LogP contribution in [0.25, 0.3) is 0 Å². The van der Waals surface area contributed by atoms with Crippen LogP contribution in [0.1, 0.15) is 46.6 Å². The Balaban J connectivity index is 1.44. The first-order valence-electron chi connectivity index (χ1n) is 10.8. The van der Waals surface area contributed by atoms with Crippen molar-refractivity contribution in [2.24, 2.45) is 11.8 Å². The van der Waals surface area contributed by atoms with Crippen molar-refractivity contribution in [1.82, 2.24) is 4.90 Å². The molecule has 3 aromatic carbocycles. The van der Waals surface area contributed by atoms with Gasteiger partial charge in [-0.15, -0.1) is 0 Å². The van der Waals surface area contributed by atoms with Crippen molar-refractivity contribution in [3.05, 3.63) is 107 Å². The van der Waals surface area contributed by atoms with E-state index in [0.717, 1.165) is 5.56 Å². The van der Waals surface area contributed by atoms with Crippen molar-refractivity contribution in [3.63, 3.8) is 0 Å². The number of imide groups is 1.